The maximum absolute atomic E-state index is 11.1. The van der Waals surface area contributed by atoms with E-state index in [-0.39, 0.29) is 5.69 Å². The normalized spacial score (nSPS) is 20.6. The predicted octanol–water partition coefficient (Wildman–Crippen LogP) is 1.68. The second-order valence-electron chi connectivity index (χ2n) is 4.58. The highest BCUT2D eigenvalue weighted by Gasteiger charge is 2.20. The highest BCUT2D eigenvalue weighted by Crippen LogP contribution is 2.18. The monoisotopic (exact) mass is 249 g/mol. The Bertz CT molecular complexity index is 422. The summed E-state index contributed by atoms with van der Waals surface area (Å²) < 4.78 is 0. The molecule has 18 heavy (non-hydrogen) atoms. The molecule has 2 rings (SSSR count). The Morgan fingerprint density at radius 3 is 3.22 bits per heavy atom. The van der Waals surface area contributed by atoms with Gasteiger partial charge in [0.2, 0.25) is 0 Å². The van der Waals surface area contributed by atoms with E-state index in [9.17, 15) is 4.79 Å². The number of anilines is 1. The Labute approximate surface area is 107 Å². The van der Waals surface area contributed by atoms with Crippen LogP contribution in [0.2, 0.25) is 0 Å². The van der Waals surface area contributed by atoms with E-state index in [0.717, 1.165) is 32.5 Å². The van der Waals surface area contributed by atoms with Crippen LogP contribution < -0.4 is 5.32 Å². The van der Waals surface area contributed by atoms with Crippen molar-refractivity contribution >= 4 is 11.7 Å². The van der Waals surface area contributed by atoms with Crippen molar-refractivity contribution in [2.24, 2.45) is 0 Å². The summed E-state index contributed by atoms with van der Waals surface area (Å²) in [7, 11) is 0. The van der Waals surface area contributed by atoms with Gasteiger partial charge in [-0.1, -0.05) is 6.92 Å². The van der Waals surface area contributed by atoms with Crippen molar-refractivity contribution in [3.05, 3.63) is 24.0 Å². The van der Waals surface area contributed by atoms with Gasteiger partial charge in [-0.2, -0.15) is 0 Å². The number of nitrogens with one attached hydrogen (secondary N) is 1. The number of hydrogen-bond donors (Lipinski definition) is 2. The van der Waals surface area contributed by atoms with Gasteiger partial charge in [-0.25, -0.2) is 9.78 Å². The first-order chi connectivity index (χ1) is 8.70. The van der Waals surface area contributed by atoms with Crippen molar-refractivity contribution in [1.82, 2.24) is 9.88 Å². The number of likely N-dealkylation sites (N-methyl/N-ethyl adjacent to an activating group) is 1. The second kappa shape index (κ2) is 5.82. The molecule has 2 heterocycles. The minimum Gasteiger partial charge on any atom is -0.476 e. The molecule has 1 aliphatic rings. The highest BCUT2D eigenvalue weighted by molar-refractivity contribution is 5.91. The van der Waals surface area contributed by atoms with Crippen LogP contribution in [0.25, 0.3) is 0 Å². The van der Waals surface area contributed by atoms with Crippen LogP contribution in [0, 0.1) is 0 Å². The van der Waals surface area contributed by atoms with Gasteiger partial charge < -0.3 is 15.3 Å². The third-order valence-corrected chi connectivity index (χ3v) is 3.32. The van der Waals surface area contributed by atoms with Gasteiger partial charge in [-0.3, -0.25) is 0 Å². The Morgan fingerprint density at radius 2 is 2.50 bits per heavy atom. The Morgan fingerprint density at radius 1 is 1.67 bits per heavy atom. The smallest absolute Gasteiger partial charge is 0.356 e. The van der Waals surface area contributed by atoms with Gasteiger partial charge in [0.25, 0.3) is 0 Å². The van der Waals surface area contributed by atoms with Crippen LogP contribution in [0.4, 0.5) is 5.69 Å². The summed E-state index contributed by atoms with van der Waals surface area (Å²) >= 11 is 0. The van der Waals surface area contributed by atoms with Crippen LogP contribution in [-0.2, 0) is 0 Å². The van der Waals surface area contributed by atoms with Crippen molar-refractivity contribution < 1.29 is 9.90 Å². The molecule has 1 unspecified atom stereocenters. The lowest BCUT2D eigenvalue weighted by Gasteiger charge is -2.32. The Hall–Kier alpha value is -1.62. The fourth-order valence-corrected chi connectivity index (χ4v) is 2.37. The van der Waals surface area contributed by atoms with Crippen molar-refractivity contribution in [1.29, 1.82) is 0 Å². The number of piperidine rings is 1. The van der Waals surface area contributed by atoms with E-state index in [0.29, 0.717) is 11.7 Å². The zero-order valence-corrected chi connectivity index (χ0v) is 10.6. The van der Waals surface area contributed by atoms with E-state index < -0.39 is 5.97 Å². The number of aromatic carboxylic acids is 1. The first kappa shape index (κ1) is 12.8. The summed E-state index contributed by atoms with van der Waals surface area (Å²) in [5.74, 6) is -0.985. The molecule has 98 valence electrons. The minimum atomic E-state index is -0.985. The molecule has 0 saturated carbocycles. The summed E-state index contributed by atoms with van der Waals surface area (Å²) in [6.45, 7) is 5.28. The third-order valence-electron chi connectivity index (χ3n) is 3.32. The summed E-state index contributed by atoms with van der Waals surface area (Å²) in [5, 5.41) is 12.4. The number of carboxylic acid groups (broad SMARTS) is 1. The molecule has 5 nitrogen and oxygen atoms in total. The number of aromatic nitrogens is 1. The molecule has 0 radical (unpaired) electrons. The van der Waals surface area contributed by atoms with Gasteiger partial charge in [0, 0.05) is 18.8 Å². The molecule has 0 spiro atoms. The number of hydrogen-bond acceptors (Lipinski definition) is 4. The number of carboxylic acids is 1. The molecule has 2 N–H and O–H groups in total. The minimum absolute atomic E-state index is 0.103. The van der Waals surface area contributed by atoms with E-state index in [1.807, 2.05) is 0 Å². The van der Waals surface area contributed by atoms with Crippen LogP contribution in [0.1, 0.15) is 30.3 Å². The Kier molecular flexibility index (Phi) is 4.15. The van der Waals surface area contributed by atoms with E-state index in [2.05, 4.69) is 22.1 Å². The SMILES string of the molecule is CCN1CCCC(Nc2cccnc2C(=O)O)C1. The molecule has 1 aromatic rings. The average molecular weight is 249 g/mol. The van der Waals surface area contributed by atoms with Crippen molar-refractivity contribution in [2.45, 2.75) is 25.8 Å². The lowest BCUT2D eigenvalue weighted by atomic mass is 10.1. The highest BCUT2D eigenvalue weighted by atomic mass is 16.4. The van der Waals surface area contributed by atoms with Crippen LogP contribution in [0.15, 0.2) is 18.3 Å². The molecule has 0 aliphatic carbocycles. The quantitative estimate of drug-likeness (QED) is 0.850. The fraction of sp³-hybridized carbons (Fsp3) is 0.538. The van der Waals surface area contributed by atoms with Gasteiger partial charge in [-0.05, 0) is 38.1 Å². The number of carbonyl (C=O) groups is 1. The molecule has 1 atom stereocenters. The fourth-order valence-electron chi connectivity index (χ4n) is 2.37. The van der Waals surface area contributed by atoms with Crippen molar-refractivity contribution in [3.63, 3.8) is 0 Å². The second-order valence-corrected chi connectivity index (χ2v) is 4.58. The lowest BCUT2D eigenvalue weighted by Crippen LogP contribution is -2.42. The first-order valence-corrected chi connectivity index (χ1v) is 6.38. The van der Waals surface area contributed by atoms with Crippen LogP contribution >= 0.6 is 0 Å². The molecule has 1 fully saturated rings. The molecule has 5 heteroatoms. The van der Waals surface area contributed by atoms with Gasteiger partial charge in [0.05, 0.1) is 5.69 Å². The zero-order valence-electron chi connectivity index (χ0n) is 10.6. The van der Waals surface area contributed by atoms with E-state index in [4.69, 9.17) is 5.11 Å². The molecule has 0 bridgehead atoms. The summed E-state index contributed by atoms with van der Waals surface area (Å²) in [6.07, 6.45) is 3.73. The molecule has 1 saturated heterocycles. The third kappa shape index (κ3) is 2.98. The van der Waals surface area contributed by atoms with Gasteiger partial charge >= 0.3 is 5.97 Å². The molecular formula is C13H19N3O2. The number of likely N-dealkylation sites (tertiary alicyclic amines) is 1. The number of rotatable bonds is 4. The van der Waals surface area contributed by atoms with Crippen LogP contribution in [-0.4, -0.2) is 46.6 Å². The standard InChI is InChI=1S/C13H19N3O2/c1-2-16-8-4-5-10(9-16)15-11-6-3-7-14-12(11)13(17)18/h3,6-7,10,15H,2,4-5,8-9H2,1H3,(H,17,18). The average Bonchev–Trinajstić information content (AvgIpc) is 2.39. The molecule has 0 amide bonds. The first-order valence-electron chi connectivity index (χ1n) is 6.38. The molecular weight excluding hydrogens is 230 g/mol. The van der Waals surface area contributed by atoms with Crippen molar-refractivity contribution in [2.75, 3.05) is 25.0 Å². The van der Waals surface area contributed by atoms with Gasteiger partial charge in [0.15, 0.2) is 5.69 Å². The van der Waals surface area contributed by atoms with Crippen LogP contribution in [0.3, 0.4) is 0 Å². The zero-order chi connectivity index (χ0) is 13.0. The van der Waals surface area contributed by atoms with E-state index >= 15 is 0 Å². The molecule has 1 aromatic heterocycles. The molecule has 1 aliphatic heterocycles. The van der Waals surface area contributed by atoms with E-state index in [1.165, 1.54) is 6.20 Å². The Balaban J connectivity index is 2.07. The molecule has 0 aromatic carbocycles. The number of pyridine rings is 1. The topological polar surface area (TPSA) is 65.5 Å². The maximum Gasteiger partial charge on any atom is 0.356 e. The summed E-state index contributed by atoms with van der Waals surface area (Å²) in [4.78, 5) is 17.4. The van der Waals surface area contributed by atoms with Gasteiger partial charge in [0.1, 0.15) is 0 Å². The maximum atomic E-state index is 11.1. The summed E-state index contributed by atoms with van der Waals surface area (Å²) in [5.41, 5.74) is 0.721. The lowest BCUT2D eigenvalue weighted by molar-refractivity contribution is 0.0691. The summed E-state index contributed by atoms with van der Waals surface area (Å²) in [6, 6.07) is 3.84. The van der Waals surface area contributed by atoms with Crippen LogP contribution in [0.5, 0.6) is 0 Å². The largest absolute Gasteiger partial charge is 0.476 e. The van der Waals surface area contributed by atoms with Crippen molar-refractivity contribution in [3.8, 4) is 0 Å². The van der Waals surface area contributed by atoms with Gasteiger partial charge in [-0.15, -0.1) is 0 Å². The van der Waals surface area contributed by atoms with E-state index in [1.54, 1.807) is 12.1 Å². The number of nitrogens with zero attached hydrogens (tertiary/aromatic N) is 2. The predicted molar refractivity (Wildman–Crippen MR) is 70.0 cm³/mol.